The normalized spacial score (nSPS) is 15.3. The highest BCUT2D eigenvalue weighted by molar-refractivity contribution is 7.10. The van der Waals surface area contributed by atoms with Gasteiger partial charge in [0.2, 0.25) is 0 Å². The van der Waals surface area contributed by atoms with Crippen LogP contribution in [-0.4, -0.2) is 19.3 Å². The van der Waals surface area contributed by atoms with Gasteiger partial charge in [0.15, 0.2) is 0 Å². The van der Waals surface area contributed by atoms with Gasteiger partial charge >= 0.3 is 0 Å². The van der Waals surface area contributed by atoms with E-state index in [0.717, 1.165) is 13.2 Å². The molecule has 0 aliphatic carbocycles. The second kappa shape index (κ2) is 7.05. The third kappa shape index (κ3) is 3.58. The summed E-state index contributed by atoms with van der Waals surface area (Å²) >= 11 is 1.80. The number of thiophene rings is 1. The summed E-state index contributed by atoms with van der Waals surface area (Å²) in [5.41, 5.74) is 0. The summed E-state index contributed by atoms with van der Waals surface area (Å²) in [5.74, 6) is 0.520. The summed E-state index contributed by atoms with van der Waals surface area (Å²) in [4.78, 5) is 1.37. The van der Waals surface area contributed by atoms with Crippen molar-refractivity contribution >= 4 is 11.3 Å². The topological polar surface area (TPSA) is 21.3 Å². The van der Waals surface area contributed by atoms with Crippen molar-refractivity contribution in [1.29, 1.82) is 0 Å². The van der Waals surface area contributed by atoms with E-state index < -0.39 is 0 Å². The molecule has 92 valence electrons. The van der Waals surface area contributed by atoms with Crippen LogP contribution in [0.15, 0.2) is 17.5 Å². The van der Waals surface area contributed by atoms with Gasteiger partial charge in [0.25, 0.3) is 0 Å². The minimum atomic E-state index is 0.253. The van der Waals surface area contributed by atoms with Crippen LogP contribution in [0.4, 0.5) is 0 Å². The molecule has 1 N–H and O–H groups in total. The molecule has 0 amide bonds. The smallest absolute Gasteiger partial charge is 0.0800 e. The van der Waals surface area contributed by atoms with Crippen LogP contribution < -0.4 is 5.32 Å². The first-order valence-corrected chi connectivity index (χ1v) is 6.97. The van der Waals surface area contributed by atoms with E-state index in [0.29, 0.717) is 12.0 Å². The van der Waals surface area contributed by atoms with Gasteiger partial charge in [0.05, 0.1) is 12.1 Å². The first kappa shape index (κ1) is 13.7. The number of hydrogen-bond donors (Lipinski definition) is 1. The summed E-state index contributed by atoms with van der Waals surface area (Å²) in [6.45, 7) is 10.4. The summed E-state index contributed by atoms with van der Waals surface area (Å²) in [7, 11) is 0. The van der Waals surface area contributed by atoms with Gasteiger partial charge in [-0.1, -0.05) is 26.8 Å². The molecule has 0 fully saturated rings. The maximum atomic E-state index is 5.89. The highest BCUT2D eigenvalue weighted by Gasteiger charge is 2.26. The van der Waals surface area contributed by atoms with Crippen LogP contribution in [0.2, 0.25) is 0 Å². The molecule has 1 rings (SSSR count). The van der Waals surface area contributed by atoms with Crippen molar-refractivity contribution < 1.29 is 4.74 Å². The lowest BCUT2D eigenvalue weighted by Gasteiger charge is -2.30. The zero-order valence-corrected chi connectivity index (χ0v) is 11.5. The Hall–Kier alpha value is -0.380. The van der Waals surface area contributed by atoms with E-state index in [-0.39, 0.29) is 6.10 Å². The van der Waals surface area contributed by atoms with Crippen molar-refractivity contribution in [3.8, 4) is 0 Å². The fourth-order valence-corrected chi connectivity index (χ4v) is 2.77. The molecule has 16 heavy (non-hydrogen) atoms. The van der Waals surface area contributed by atoms with Gasteiger partial charge in [-0.2, -0.15) is 0 Å². The maximum Gasteiger partial charge on any atom is 0.0800 e. The van der Waals surface area contributed by atoms with E-state index >= 15 is 0 Å². The van der Waals surface area contributed by atoms with Gasteiger partial charge in [0.1, 0.15) is 0 Å². The van der Waals surface area contributed by atoms with Gasteiger partial charge in [-0.05, 0) is 30.8 Å². The van der Waals surface area contributed by atoms with Crippen LogP contribution in [0, 0.1) is 5.92 Å². The third-order valence-corrected chi connectivity index (χ3v) is 3.57. The Bertz CT molecular complexity index is 271. The number of nitrogens with one attached hydrogen (secondary N) is 1. The Kier molecular flexibility index (Phi) is 6.03. The predicted octanol–water partition coefficient (Wildman–Crippen LogP) is 3.46. The fourth-order valence-electron chi connectivity index (χ4n) is 1.93. The maximum absolute atomic E-state index is 5.89. The summed E-state index contributed by atoms with van der Waals surface area (Å²) in [5, 5.41) is 5.66. The van der Waals surface area contributed by atoms with Crippen LogP contribution in [0.25, 0.3) is 0 Å². The molecule has 0 aliphatic rings. The SMILES string of the molecule is CCNC(c1cccs1)C(OCC)C(C)C. The van der Waals surface area contributed by atoms with Gasteiger partial charge in [-0.25, -0.2) is 0 Å². The van der Waals surface area contributed by atoms with Crippen LogP contribution in [0.1, 0.15) is 38.6 Å². The number of likely N-dealkylation sites (N-methyl/N-ethyl adjacent to an activating group) is 1. The molecule has 1 aromatic heterocycles. The molecule has 0 bridgehead atoms. The van der Waals surface area contributed by atoms with Gasteiger partial charge < -0.3 is 10.1 Å². The van der Waals surface area contributed by atoms with E-state index in [1.165, 1.54) is 4.88 Å². The second-order valence-electron chi connectivity index (χ2n) is 4.21. The van der Waals surface area contributed by atoms with Gasteiger partial charge in [-0.3, -0.25) is 0 Å². The van der Waals surface area contributed by atoms with Crippen LogP contribution in [0.5, 0.6) is 0 Å². The first-order valence-electron chi connectivity index (χ1n) is 6.09. The third-order valence-electron chi connectivity index (χ3n) is 2.62. The number of hydrogen-bond acceptors (Lipinski definition) is 3. The van der Waals surface area contributed by atoms with E-state index in [1.54, 1.807) is 11.3 Å². The molecule has 1 heterocycles. The number of rotatable bonds is 7. The van der Waals surface area contributed by atoms with Crippen molar-refractivity contribution in [3.63, 3.8) is 0 Å². The van der Waals surface area contributed by atoms with E-state index in [2.05, 4.69) is 50.5 Å². The molecular formula is C13H23NOS. The lowest BCUT2D eigenvalue weighted by molar-refractivity contribution is 0.00402. The molecule has 0 aromatic carbocycles. The Morgan fingerprint density at radius 2 is 2.12 bits per heavy atom. The van der Waals surface area contributed by atoms with Crippen molar-refractivity contribution in [2.24, 2.45) is 5.92 Å². The molecule has 0 saturated carbocycles. The zero-order valence-electron chi connectivity index (χ0n) is 10.7. The molecule has 2 nitrogen and oxygen atoms in total. The van der Waals surface area contributed by atoms with Crippen molar-refractivity contribution in [2.45, 2.75) is 39.8 Å². The minimum absolute atomic E-state index is 0.253. The quantitative estimate of drug-likeness (QED) is 0.789. The Morgan fingerprint density at radius 1 is 1.38 bits per heavy atom. The highest BCUT2D eigenvalue weighted by atomic mass is 32.1. The lowest BCUT2D eigenvalue weighted by atomic mass is 9.98. The van der Waals surface area contributed by atoms with E-state index in [9.17, 15) is 0 Å². The van der Waals surface area contributed by atoms with Crippen LogP contribution >= 0.6 is 11.3 Å². The molecule has 3 heteroatoms. The monoisotopic (exact) mass is 241 g/mol. The van der Waals surface area contributed by atoms with Gasteiger partial charge in [0, 0.05) is 11.5 Å². The van der Waals surface area contributed by atoms with Crippen LogP contribution in [0.3, 0.4) is 0 Å². The van der Waals surface area contributed by atoms with Gasteiger partial charge in [-0.15, -0.1) is 11.3 Å². The average Bonchev–Trinajstić information content (AvgIpc) is 2.76. The van der Waals surface area contributed by atoms with Crippen LogP contribution in [-0.2, 0) is 4.74 Å². The molecule has 1 aromatic rings. The summed E-state index contributed by atoms with van der Waals surface area (Å²) in [6.07, 6.45) is 0.253. The summed E-state index contributed by atoms with van der Waals surface area (Å²) < 4.78 is 5.89. The minimum Gasteiger partial charge on any atom is -0.376 e. The van der Waals surface area contributed by atoms with Crippen molar-refractivity contribution in [2.75, 3.05) is 13.2 Å². The average molecular weight is 241 g/mol. The fraction of sp³-hybridized carbons (Fsp3) is 0.692. The second-order valence-corrected chi connectivity index (χ2v) is 5.19. The van der Waals surface area contributed by atoms with E-state index in [4.69, 9.17) is 4.74 Å². The molecule has 0 radical (unpaired) electrons. The molecular weight excluding hydrogens is 218 g/mol. The van der Waals surface area contributed by atoms with E-state index in [1.807, 2.05) is 0 Å². The molecule has 0 aliphatic heterocycles. The molecule has 0 spiro atoms. The Morgan fingerprint density at radius 3 is 2.56 bits per heavy atom. The first-order chi connectivity index (χ1) is 7.70. The Balaban J connectivity index is 2.81. The van der Waals surface area contributed by atoms with Crippen molar-refractivity contribution in [3.05, 3.63) is 22.4 Å². The largest absolute Gasteiger partial charge is 0.376 e. The molecule has 2 atom stereocenters. The molecule has 2 unspecified atom stereocenters. The molecule has 0 saturated heterocycles. The summed E-state index contributed by atoms with van der Waals surface area (Å²) in [6, 6.07) is 4.62. The zero-order chi connectivity index (χ0) is 12.0. The lowest BCUT2D eigenvalue weighted by Crippen LogP contribution is -2.36. The highest BCUT2D eigenvalue weighted by Crippen LogP contribution is 2.27. The number of ether oxygens (including phenoxy) is 1. The standard InChI is InChI=1S/C13H23NOS/c1-5-14-12(11-8-7-9-16-11)13(10(3)4)15-6-2/h7-10,12-14H,5-6H2,1-4H3. The predicted molar refractivity (Wildman–Crippen MR) is 71.0 cm³/mol. The Labute approximate surface area is 103 Å². The van der Waals surface area contributed by atoms with Crippen molar-refractivity contribution in [1.82, 2.24) is 5.32 Å².